The van der Waals surface area contributed by atoms with Crippen molar-refractivity contribution in [3.8, 4) is 0 Å². The standard InChI is InChI=1S/C17H25NO/c1-4-19-16-11-15(17(16,2)3)18-14-10-9-12-7-5-6-8-13(12)14/h5-8,14-16,18H,4,9-11H2,1-3H3. The number of hydrogen-bond donors (Lipinski definition) is 1. The monoisotopic (exact) mass is 259 g/mol. The van der Waals surface area contributed by atoms with Crippen LogP contribution in [0.25, 0.3) is 0 Å². The first kappa shape index (κ1) is 13.1. The average Bonchev–Trinajstić information content (AvgIpc) is 2.81. The number of ether oxygens (including phenoxy) is 1. The van der Waals surface area contributed by atoms with Crippen molar-refractivity contribution >= 4 is 0 Å². The van der Waals surface area contributed by atoms with Gasteiger partial charge in [-0.2, -0.15) is 0 Å². The highest BCUT2D eigenvalue weighted by Crippen LogP contribution is 2.45. The number of aryl methyl sites for hydroxylation is 1. The summed E-state index contributed by atoms with van der Waals surface area (Å²) in [6.07, 6.45) is 4.03. The summed E-state index contributed by atoms with van der Waals surface area (Å²) >= 11 is 0. The Morgan fingerprint density at radius 2 is 2.11 bits per heavy atom. The lowest BCUT2D eigenvalue weighted by molar-refractivity contribution is -0.116. The zero-order valence-corrected chi connectivity index (χ0v) is 12.3. The summed E-state index contributed by atoms with van der Waals surface area (Å²) in [6.45, 7) is 7.57. The molecule has 1 aromatic carbocycles. The van der Waals surface area contributed by atoms with E-state index < -0.39 is 0 Å². The van der Waals surface area contributed by atoms with Gasteiger partial charge >= 0.3 is 0 Å². The lowest BCUT2D eigenvalue weighted by atomic mass is 9.64. The Morgan fingerprint density at radius 3 is 2.84 bits per heavy atom. The number of nitrogens with one attached hydrogen (secondary N) is 1. The lowest BCUT2D eigenvalue weighted by Crippen LogP contribution is -2.61. The summed E-state index contributed by atoms with van der Waals surface area (Å²) in [4.78, 5) is 0. The molecule has 0 aromatic heterocycles. The molecule has 2 aliphatic rings. The number of hydrogen-bond acceptors (Lipinski definition) is 2. The van der Waals surface area contributed by atoms with Crippen LogP contribution in [0.4, 0.5) is 0 Å². The highest BCUT2D eigenvalue weighted by Gasteiger charge is 2.49. The second kappa shape index (κ2) is 4.92. The first-order valence-corrected chi connectivity index (χ1v) is 7.58. The predicted octanol–water partition coefficient (Wildman–Crippen LogP) is 3.47. The molecule has 0 spiro atoms. The van der Waals surface area contributed by atoms with Crippen molar-refractivity contribution in [1.29, 1.82) is 0 Å². The minimum Gasteiger partial charge on any atom is -0.378 e. The molecule has 0 bridgehead atoms. The molecule has 3 atom stereocenters. The molecule has 2 nitrogen and oxygen atoms in total. The summed E-state index contributed by atoms with van der Waals surface area (Å²) in [5, 5.41) is 3.87. The van der Waals surface area contributed by atoms with Crippen LogP contribution in [0.2, 0.25) is 0 Å². The van der Waals surface area contributed by atoms with E-state index in [1.807, 2.05) is 0 Å². The van der Waals surface area contributed by atoms with Gasteiger partial charge in [-0.15, -0.1) is 0 Å². The predicted molar refractivity (Wildman–Crippen MR) is 78.2 cm³/mol. The Bertz CT molecular complexity index is 454. The zero-order valence-electron chi connectivity index (χ0n) is 12.3. The molecular formula is C17H25NO. The van der Waals surface area contributed by atoms with Gasteiger partial charge in [0.05, 0.1) is 6.10 Å². The van der Waals surface area contributed by atoms with Crippen LogP contribution in [0.3, 0.4) is 0 Å². The molecule has 104 valence electrons. The fraction of sp³-hybridized carbons (Fsp3) is 0.647. The van der Waals surface area contributed by atoms with Crippen molar-refractivity contribution in [3.05, 3.63) is 35.4 Å². The second-order valence-corrected chi connectivity index (χ2v) is 6.51. The van der Waals surface area contributed by atoms with Gasteiger partial charge in [-0.25, -0.2) is 0 Å². The van der Waals surface area contributed by atoms with E-state index in [1.165, 1.54) is 24.0 Å². The molecule has 0 saturated heterocycles. The van der Waals surface area contributed by atoms with E-state index in [0.717, 1.165) is 13.0 Å². The van der Waals surface area contributed by atoms with Crippen molar-refractivity contribution in [1.82, 2.24) is 5.32 Å². The van der Waals surface area contributed by atoms with Gasteiger partial charge in [0.15, 0.2) is 0 Å². The van der Waals surface area contributed by atoms with Gasteiger partial charge in [-0.3, -0.25) is 0 Å². The van der Waals surface area contributed by atoms with E-state index in [-0.39, 0.29) is 5.41 Å². The third-order valence-electron chi connectivity index (χ3n) is 5.08. The molecule has 1 N–H and O–H groups in total. The van der Waals surface area contributed by atoms with E-state index in [9.17, 15) is 0 Å². The largest absolute Gasteiger partial charge is 0.378 e. The van der Waals surface area contributed by atoms with Gasteiger partial charge in [-0.1, -0.05) is 38.1 Å². The minimum atomic E-state index is 0.257. The normalized spacial score (nSPS) is 31.8. The molecule has 3 unspecified atom stereocenters. The summed E-state index contributed by atoms with van der Waals surface area (Å²) < 4.78 is 5.82. The van der Waals surface area contributed by atoms with Crippen LogP contribution >= 0.6 is 0 Å². The van der Waals surface area contributed by atoms with Crippen LogP contribution in [0, 0.1) is 5.41 Å². The van der Waals surface area contributed by atoms with E-state index in [4.69, 9.17) is 4.74 Å². The average molecular weight is 259 g/mol. The van der Waals surface area contributed by atoms with Crippen LogP contribution in [-0.4, -0.2) is 18.8 Å². The molecule has 0 amide bonds. The van der Waals surface area contributed by atoms with Crippen molar-refractivity contribution in [2.45, 2.75) is 58.2 Å². The van der Waals surface area contributed by atoms with Crippen LogP contribution in [0.15, 0.2) is 24.3 Å². The third-order valence-corrected chi connectivity index (χ3v) is 5.08. The molecule has 2 aliphatic carbocycles. The first-order valence-electron chi connectivity index (χ1n) is 7.58. The van der Waals surface area contributed by atoms with Gasteiger partial charge in [0, 0.05) is 24.1 Å². The highest BCUT2D eigenvalue weighted by molar-refractivity contribution is 5.34. The summed E-state index contributed by atoms with van der Waals surface area (Å²) in [6, 6.07) is 9.99. The summed E-state index contributed by atoms with van der Waals surface area (Å²) in [5.74, 6) is 0. The maximum Gasteiger partial charge on any atom is 0.0655 e. The molecule has 1 saturated carbocycles. The Labute approximate surface area is 116 Å². The number of benzene rings is 1. The van der Waals surface area contributed by atoms with Crippen LogP contribution in [0.5, 0.6) is 0 Å². The van der Waals surface area contributed by atoms with E-state index in [2.05, 4.69) is 50.4 Å². The molecule has 1 aromatic rings. The van der Waals surface area contributed by atoms with E-state index in [0.29, 0.717) is 18.2 Å². The molecule has 19 heavy (non-hydrogen) atoms. The maximum atomic E-state index is 5.82. The number of rotatable bonds is 4. The third kappa shape index (κ3) is 2.21. The van der Waals surface area contributed by atoms with E-state index in [1.54, 1.807) is 0 Å². The Hall–Kier alpha value is -0.860. The summed E-state index contributed by atoms with van der Waals surface area (Å²) in [5.41, 5.74) is 3.30. The van der Waals surface area contributed by atoms with Crippen molar-refractivity contribution in [2.75, 3.05) is 6.61 Å². The Morgan fingerprint density at radius 1 is 1.32 bits per heavy atom. The lowest BCUT2D eigenvalue weighted by Gasteiger charge is -2.52. The van der Waals surface area contributed by atoms with Gasteiger partial charge in [-0.05, 0) is 37.3 Å². The zero-order chi connectivity index (χ0) is 13.5. The molecular weight excluding hydrogens is 234 g/mol. The maximum absolute atomic E-state index is 5.82. The van der Waals surface area contributed by atoms with E-state index >= 15 is 0 Å². The van der Waals surface area contributed by atoms with Gasteiger partial charge in [0.1, 0.15) is 0 Å². The smallest absolute Gasteiger partial charge is 0.0655 e. The van der Waals surface area contributed by atoms with Gasteiger partial charge in [0.25, 0.3) is 0 Å². The summed E-state index contributed by atoms with van der Waals surface area (Å²) in [7, 11) is 0. The van der Waals surface area contributed by atoms with Crippen LogP contribution in [0.1, 0.15) is 50.8 Å². The SMILES string of the molecule is CCOC1CC(NC2CCc3ccccc32)C1(C)C. The van der Waals surface area contributed by atoms with Crippen LogP contribution in [-0.2, 0) is 11.2 Å². The Balaban J connectivity index is 1.65. The molecule has 2 heteroatoms. The van der Waals surface area contributed by atoms with Gasteiger partial charge < -0.3 is 10.1 Å². The molecule has 3 rings (SSSR count). The fourth-order valence-corrected chi connectivity index (χ4v) is 3.63. The van der Waals surface area contributed by atoms with Crippen LogP contribution < -0.4 is 5.32 Å². The quantitative estimate of drug-likeness (QED) is 0.894. The Kier molecular flexibility index (Phi) is 3.40. The molecule has 0 radical (unpaired) electrons. The van der Waals surface area contributed by atoms with Crippen molar-refractivity contribution in [2.24, 2.45) is 5.41 Å². The number of fused-ring (bicyclic) bond motifs is 1. The topological polar surface area (TPSA) is 21.3 Å². The minimum absolute atomic E-state index is 0.257. The second-order valence-electron chi connectivity index (χ2n) is 6.51. The first-order chi connectivity index (χ1) is 9.13. The molecule has 0 aliphatic heterocycles. The van der Waals surface area contributed by atoms with Crippen molar-refractivity contribution < 1.29 is 4.74 Å². The van der Waals surface area contributed by atoms with Crippen molar-refractivity contribution in [3.63, 3.8) is 0 Å². The molecule has 1 fully saturated rings. The fourth-order valence-electron chi connectivity index (χ4n) is 3.63. The molecule has 0 heterocycles. The van der Waals surface area contributed by atoms with Gasteiger partial charge in [0.2, 0.25) is 0 Å². The highest BCUT2D eigenvalue weighted by atomic mass is 16.5.